The Labute approximate surface area is 116 Å². The van der Waals surface area contributed by atoms with Crippen molar-refractivity contribution >= 4 is 23.2 Å². The van der Waals surface area contributed by atoms with E-state index in [0.717, 1.165) is 5.56 Å². The number of halogens is 2. The van der Waals surface area contributed by atoms with Crippen molar-refractivity contribution in [3.05, 3.63) is 60.2 Å². The number of hydrogen-bond acceptors (Lipinski definition) is 1. The molecule has 0 heterocycles. The predicted molar refractivity (Wildman–Crippen MR) is 64.5 cm³/mol. The van der Waals surface area contributed by atoms with Crippen LogP contribution in [0, 0.1) is 0 Å². The fourth-order valence-electron chi connectivity index (χ4n) is 1.05. The number of rotatable bonds is 2. The van der Waals surface area contributed by atoms with E-state index in [-0.39, 0.29) is 17.1 Å². The molecule has 0 aromatic heterocycles. The molecular weight excluding hydrogens is 287 g/mol. The molecule has 2 aromatic rings. The maximum Gasteiger partial charge on any atom is 2.00 e. The summed E-state index contributed by atoms with van der Waals surface area (Å²) in [6, 6.07) is 17.2. The quantitative estimate of drug-likeness (QED) is 0.510. The Bertz CT molecular complexity index is 313. The fourth-order valence-corrected chi connectivity index (χ4v) is 1.34. The second-order valence-electron chi connectivity index (χ2n) is 2.96. The molecule has 0 bridgehead atoms. The van der Waals surface area contributed by atoms with Gasteiger partial charge < -0.3 is 5.11 Å². The van der Waals surface area contributed by atoms with Gasteiger partial charge in [-0.1, -0.05) is 0 Å². The average molecular weight is 299 g/mol. The SMILES string of the molecule is OC([c-]1cccc1)C(Cl)Cl.[Fe+2].c1cc[cH-]c1. The molecule has 0 aliphatic rings. The van der Waals surface area contributed by atoms with Crippen molar-refractivity contribution in [1.82, 2.24) is 0 Å². The molecule has 0 saturated carbocycles. The molecule has 1 N–H and O–H groups in total. The smallest absolute Gasteiger partial charge is 0.398 e. The first-order valence-corrected chi connectivity index (χ1v) is 5.43. The van der Waals surface area contributed by atoms with E-state index in [2.05, 4.69) is 0 Å². The molecule has 0 aliphatic carbocycles. The zero-order valence-electron chi connectivity index (χ0n) is 8.41. The summed E-state index contributed by atoms with van der Waals surface area (Å²) in [5.74, 6) is 0. The number of aliphatic hydroxyl groups is 1. The second kappa shape index (κ2) is 8.86. The molecule has 0 fully saturated rings. The molecule has 0 saturated heterocycles. The normalized spacial score (nSPS) is 11.2. The van der Waals surface area contributed by atoms with Crippen LogP contribution in [-0.2, 0) is 17.1 Å². The second-order valence-corrected chi connectivity index (χ2v) is 4.12. The largest absolute Gasteiger partial charge is 2.00 e. The van der Waals surface area contributed by atoms with E-state index in [4.69, 9.17) is 23.2 Å². The number of alkyl halides is 2. The van der Waals surface area contributed by atoms with Gasteiger partial charge >= 0.3 is 17.1 Å². The molecule has 88 valence electrons. The monoisotopic (exact) mass is 298 g/mol. The van der Waals surface area contributed by atoms with Crippen molar-refractivity contribution < 1.29 is 22.2 Å². The van der Waals surface area contributed by atoms with Crippen LogP contribution in [0.3, 0.4) is 0 Å². The first-order chi connectivity index (χ1) is 7.22. The molecule has 1 atom stereocenters. The van der Waals surface area contributed by atoms with Crippen molar-refractivity contribution in [2.24, 2.45) is 0 Å². The molecule has 2 rings (SSSR count). The Balaban J connectivity index is 0.000000318. The Kier molecular flexibility index (Phi) is 8.73. The Morgan fingerprint density at radius 2 is 1.50 bits per heavy atom. The van der Waals surface area contributed by atoms with Crippen molar-refractivity contribution in [2.45, 2.75) is 10.9 Å². The van der Waals surface area contributed by atoms with Crippen molar-refractivity contribution in [2.75, 3.05) is 0 Å². The van der Waals surface area contributed by atoms with Crippen LogP contribution >= 0.6 is 23.2 Å². The minimum absolute atomic E-state index is 0. The van der Waals surface area contributed by atoms with Crippen molar-refractivity contribution in [3.63, 3.8) is 0 Å². The van der Waals surface area contributed by atoms with Crippen LogP contribution in [-0.4, -0.2) is 9.94 Å². The molecule has 2 aromatic carbocycles. The van der Waals surface area contributed by atoms with Crippen LogP contribution in [0.1, 0.15) is 11.7 Å². The molecule has 0 amide bonds. The van der Waals surface area contributed by atoms with Gasteiger partial charge in [0.25, 0.3) is 0 Å². The van der Waals surface area contributed by atoms with Crippen LogP contribution in [0.4, 0.5) is 0 Å². The third kappa shape index (κ3) is 5.74. The van der Waals surface area contributed by atoms with Crippen LogP contribution in [0.2, 0.25) is 0 Å². The molecule has 0 spiro atoms. The van der Waals surface area contributed by atoms with Gasteiger partial charge in [-0.15, -0.1) is 28.8 Å². The van der Waals surface area contributed by atoms with E-state index in [0.29, 0.717) is 0 Å². The van der Waals surface area contributed by atoms with Gasteiger partial charge in [-0.3, -0.25) is 0 Å². The Morgan fingerprint density at radius 1 is 1.00 bits per heavy atom. The summed E-state index contributed by atoms with van der Waals surface area (Å²) < 4.78 is 0. The van der Waals surface area contributed by atoms with E-state index in [1.165, 1.54) is 0 Å². The van der Waals surface area contributed by atoms with Crippen molar-refractivity contribution in [1.29, 1.82) is 0 Å². The van der Waals surface area contributed by atoms with Crippen LogP contribution in [0.25, 0.3) is 0 Å². The maximum atomic E-state index is 9.22. The number of aliphatic hydroxyl groups excluding tert-OH is 1. The van der Waals surface area contributed by atoms with Gasteiger partial charge in [0.1, 0.15) is 4.84 Å². The summed E-state index contributed by atoms with van der Waals surface area (Å²) in [7, 11) is 0. The van der Waals surface area contributed by atoms with Gasteiger partial charge in [-0.05, 0) is 0 Å². The Hall–Kier alpha value is -0.241. The summed E-state index contributed by atoms with van der Waals surface area (Å²) in [5, 5.41) is 9.22. The summed E-state index contributed by atoms with van der Waals surface area (Å²) in [6.07, 6.45) is -0.765. The first-order valence-electron chi connectivity index (χ1n) is 4.56. The summed E-state index contributed by atoms with van der Waals surface area (Å²) >= 11 is 10.9. The van der Waals surface area contributed by atoms with E-state index in [1.807, 2.05) is 42.5 Å². The average Bonchev–Trinajstić information content (AvgIpc) is 2.92. The molecule has 1 unspecified atom stereocenters. The third-order valence-electron chi connectivity index (χ3n) is 1.82. The van der Waals surface area contributed by atoms with E-state index in [9.17, 15) is 5.11 Å². The molecule has 1 nitrogen and oxygen atoms in total. The van der Waals surface area contributed by atoms with Gasteiger partial charge in [-0.2, -0.15) is 30.3 Å². The van der Waals surface area contributed by atoms with Gasteiger partial charge in [0.05, 0.1) is 6.10 Å². The van der Waals surface area contributed by atoms with E-state index < -0.39 is 10.9 Å². The van der Waals surface area contributed by atoms with Gasteiger partial charge in [-0.25, -0.2) is 24.3 Å². The minimum Gasteiger partial charge on any atom is -0.398 e. The van der Waals surface area contributed by atoms with Crippen LogP contribution in [0.5, 0.6) is 0 Å². The van der Waals surface area contributed by atoms with E-state index in [1.54, 1.807) is 12.1 Å². The van der Waals surface area contributed by atoms with Gasteiger partial charge in [0.2, 0.25) is 0 Å². The van der Waals surface area contributed by atoms with Crippen LogP contribution in [0.15, 0.2) is 54.6 Å². The van der Waals surface area contributed by atoms with Gasteiger partial charge in [0.15, 0.2) is 0 Å². The van der Waals surface area contributed by atoms with E-state index >= 15 is 0 Å². The summed E-state index contributed by atoms with van der Waals surface area (Å²) in [6.45, 7) is 0. The number of hydrogen-bond donors (Lipinski definition) is 1. The summed E-state index contributed by atoms with van der Waals surface area (Å²) in [4.78, 5) is -0.748. The maximum absolute atomic E-state index is 9.22. The van der Waals surface area contributed by atoms with Crippen molar-refractivity contribution in [3.8, 4) is 0 Å². The molecule has 4 heteroatoms. The minimum atomic E-state index is -0.765. The molecular formula is C12H12Cl2FeO. The summed E-state index contributed by atoms with van der Waals surface area (Å²) in [5.41, 5.74) is 0.759. The standard InChI is InChI=1S/C7H7Cl2O.C5H5.Fe/c8-7(9)6(10)5-3-1-2-4-5;1-2-4-5-3-1;/h1-4,6-7,10H;1-5H;/q2*-1;+2. The fraction of sp³-hybridized carbons (Fsp3) is 0.167. The zero-order valence-corrected chi connectivity index (χ0v) is 11.0. The third-order valence-corrected chi connectivity index (χ3v) is 2.30. The molecule has 16 heavy (non-hydrogen) atoms. The Morgan fingerprint density at radius 3 is 1.81 bits per heavy atom. The van der Waals surface area contributed by atoms with Crippen LogP contribution < -0.4 is 0 Å². The predicted octanol–water partition coefficient (Wildman–Crippen LogP) is 3.65. The molecule has 0 radical (unpaired) electrons. The van der Waals surface area contributed by atoms with Gasteiger partial charge in [0, 0.05) is 0 Å². The first kappa shape index (κ1) is 15.8. The topological polar surface area (TPSA) is 20.2 Å². The zero-order chi connectivity index (χ0) is 11.1. The molecule has 0 aliphatic heterocycles.